The van der Waals surface area contributed by atoms with Gasteiger partial charge in [0, 0.05) is 31.5 Å². The van der Waals surface area contributed by atoms with Crippen LogP contribution in [0.15, 0.2) is 0 Å². The van der Waals surface area contributed by atoms with E-state index in [1.54, 1.807) is 0 Å². The van der Waals surface area contributed by atoms with Gasteiger partial charge in [0.25, 0.3) is 0 Å². The molecule has 5 heteroatoms. The highest BCUT2D eigenvalue weighted by Gasteiger charge is 2.21. The maximum absolute atomic E-state index is 6.03. The summed E-state index contributed by atoms with van der Waals surface area (Å²) in [5.74, 6) is 2.80. The molecule has 1 aromatic heterocycles. The summed E-state index contributed by atoms with van der Waals surface area (Å²) in [4.78, 5) is 2.31. The number of rotatable bonds is 6. The summed E-state index contributed by atoms with van der Waals surface area (Å²) in [6.45, 7) is 4.24. The molecule has 98 valence electrons. The first kappa shape index (κ1) is 14.7. The van der Waals surface area contributed by atoms with Crippen molar-refractivity contribution in [2.45, 2.75) is 32.2 Å². The van der Waals surface area contributed by atoms with Gasteiger partial charge in [-0.3, -0.25) is 4.68 Å². The number of hydrogen-bond donors (Lipinski definition) is 0. The summed E-state index contributed by atoms with van der Waals surface area (Å²) < 4.78 is 1.94. The number of aromatic nitrogens is 2. The summed E-state index contributed by atoms with van der Waals surface area (Å²) in [6.07, 6.45) is 3.27. The lowest BCUT2D eigenvalue weighted by atomic mass is 10.2. The quantitative estimate of drug-likeness (QED) is 0.745. The first-order chi connectivity index (χ1) is 8.06. The van der Waals surface area contributed by atoms with E-state index in [-0.39, 0.29) is 0 Å². The Morgan fingerprint density at radius 1 is 1.53 bits per heavy atom. The van der Waals surface area contributed by atoms with Crippen LogP contribution in [-0.4, -0.2) is 34.9 Å². The van der Waals surface area contributed by atoms with Crippen molar-refractivity contribution in [2.24, 2.45) is 7.05 Å². The average molecular weight is 276 g/mol. The first-order valence-corrected chi connectivity index (χ1v) is 7.79. The fraction of sp³-hybridized carbons (Fsp3) is 0.750. The van der Waals surface area contributed by atoms with Crippen LogP contribution in [0.1, 0.15) is 24.6 Å². The van der Waals surface area contributed by atoms with Crippen molar-refractivity contribution < 1.29 is 0 Å². The van der Waals surface area contributed by atoms with Crippen molar-refractivity contribution in [3.63, 3.8) is 0 Å². The molecule has 0 aliphatic rings. The second-order valence-electron chi connectivity index (χ2n) is 4.27. The second-order valence-corrected chi connectivity index (χ2v) is 5.45. The van der Waals surface area contributed by atoms with E-state index in [0.717, 1.165) is 29.2 Å². The summed E-state index contributed by atoms with van der Waals surface area (Å²) in [5, 5.41) is 4.46. The fourth-order valence-electron chi connectivity index (χ4n) is 2.16. The van der Waals surface area contributed by atoms with E-state index in [4.69, 9.17) is 11.6 Å². The predicted octanol–water partition coefficient (Wildman–Crippen LogP) is 3.05. The number of hydrogen-bond acceptors (Lipinski definition) is 3. The molecular weight excluding hydrogens is 254 g/mol. The zero-order valence-electron chi connectivity index (χ0n) is 11.3. The van der Waals surface area contributed by atoms with Gasteiger partial charge in [0.05, 0.1) is 11.6 Å². The molecule has 0 saturated heterocycles. The third-order valence-electron chi connectivity index (χ3n) is 3.16. The fourth-order valence-corrected chi connectivity index (χ4v) is 3.31. The van der Waals surface area contributed by atoms with E-state index in [2.05, 4.69) is 30.2 Å². The van der Waals surface area contributed by atoms with Crippen LogP contribution in [0.25, 0.3) is 0 Å². The number of halogens is 1. The first-order valence-electron chi connectivity index (χ1n) is 5.86. The summed E-state index contributed by atoms with van der Waals surface area (Å²) in [5.41, 5.74) is 2.18. The number of alkyl halides is 1. The summed E-state index contributed by atoms with van der Waals surface area (Å²) in [6, 6.07) is 0.529. The van der Waals surface area contributed by atoms with Crippen molar-refractivity contribution in [3.8, 4) is 0 Å². The Hall–Kier alpha value is -0.350. The maximum Gasteiger partial charge on any atom is 0.131 e. The normalized spacial score (nSPS) is 12.8. The van der Waals surface area contributed by atoms with Crippen LogP contribution in [0.3, 0.4) is 0 Å². The zero-order chi connectivity index (χ0) is 13.0. The number of aryl methyl sites for hydroxylation is 2. The Morgan fingerprint density at radius 2 is 2.18 bits per heavy atom. The van der Waals surface area contributed by atoms with Gasteiger partial charge in [-0.15, -0.1) is 11.6 Å². The third-order valence-corrected chi connectivity index (χ3v) is 4.14. The van der Waals surface area contributed by atoms with Gasteiger partial charge in [-0.1, -0.05) is 6.92 Å². The topological polar surface area (TPSA) is 21.1 Å². The van der Waals surface area contributed by atoms with Crippen LogP contribution in [0.4, 0.5) is 5.82 Å². The molecule has 1 atom stereocenters. The molecule has 0 radical (unpaired) electrons. The summed E-state index contributed by atoms with van der Waals surface area (Å²) >= 11 is 7.91. The number of nitrogens with zero attached hydrogens (tertiary/aromatic N) is 3. The Bertz CT molecular complexity index is 365. The Morgan fingerprint density at radius 3 is 2.65 bits per heavy atom. The molecule has 0 spiro atoms. The molecule has 0 N–H and O–H groups in total. The lowest BCUT2D eigenvalue weighted by molar-refractivity contribution is 0.635. The van der Waals surface area contributed by atoms with E-state index >= 15 is 0 Å². The smallest absolute Gasteiger partial charge is 0.131 e. The van der Waals surface area contributed by atoms with Gasteiger partial charge in [0.2, 0.25) is 0 Å². The molecule has 0 aromatic carbocycles. The van der Waals surface area contributed by atoms with Gasteiger partial charge in [0.1, 0.15) is 5.82 Å². The van der Waals surface area contributed by atoms with Gasteiger partial charge in [-0.25, -0.2) is 0 Å². The van der Waals surface area contributed by atoms with Crippen molar-refractivity contribution in [2.75, 3.05) is 24.0 Å². The average Bonchev–Trinajstić information content (AvgIpc) is 2.59. The highest BCUT2D eigenvalue weighted by Crippen LogP contribution is 2.26. The monoisotopic (exact) mass is 275 g/mol. The van der Waals surface area contributed by atoms with Gasteiger partial charge in [0.15, 0.2) is 0 Å². The SMILES string of the molecule is CCC(CSC)N(C)c1c(CCl)c(C)nn1C. The lowest BCUT2D eigenvalue weighted by Gasteiger charge is -2.29. The largest absolute Gasteiger partial charge is 0.356 e. The van der Waals surface area contributed by atoms with Crippen LogP contribution in [0.2, 0.25) is 0 Å². The van der Waals surface area contributed by atoms with Crippen LogP contribution < -0.4 is 4.90 Å². The van der Waals surface area contributed by atoms with E-state index in [1.165, 1.54) is 0 Å². The van der Waals surface area contributed by atoms with Gasteiger partial charge in [-0.05, 0) is 19.6 Å². The van der Waals surface area contributed by atoms with Gasteiger partial charge >= 0.3 is 0 Å². The molecule has 0 amide bonds. The van der Waals surface area contributed by atoms with E-state index < -0.39 is 0 Å². The summed E-state index contributed by atoms with van der Waals surface area (Å²) in [7, 11) is 4.12. The molecule has 1 unspecified atom stereocenters. The molecule has 0 aliphatic carbocycles. The van der Waals surface area contributed by atoms with Crippen molar-refractivity contribution >= 4 is 29.2 Å². The molecule has 1 aromatic rings. The highest BCUT2D eigenvalue weighted by molar-refractivity contribution is 7.98. The zero-order valence-corrected chi connectivity index (χ0v) is 12.9. The number of thioether (sulfide) groups is 1. The van der Waals surface area contributed by atoms with E-state index in [0.29, 0.717) is 11.9 Å². The molecule has 0 bridgehead atoms. The third kappa shape index (κ3) is 3.10. The lowest BCUT2D eigenvalue weighted by Crippen LogP contribution is -2.35. The highest BCUT2D eigenvalue weighted by atomic mass is 35.5. The van der Waals surface area contributed by atoms with Gasteiger partial charge in [-0.2, -0.15) is 16.9 Å². The Kier molecular flexibility index (Phi) is 5.67. The molecule has 0 aliphatic heterocycles. The van der Waals surface area contributed by atoms with Gasteiger partial charge < -0.3 is 4.90 Å². The second kappa shape index (κ2) is 6.55. The molecule has 17 heavy (non-hydrogen) atoms. The molecule has 1 heterocycles. The molecular formula is C12H22ClN3S. The van der Waals surface area contributed by atoms with E-state index in [9.17, 15) is 0 Å². The van der Waals surface area contributed by atoms with Crippen molar-refractivity contribution in [1.29, 1.82) is 0 Å². The van der Waals surface area contributed by atoms with Crippen molar-refractivity contribution in [1.82, 2.24) is 9.78 Å². The van der Waals surface area contributed by atoms with Crippen LogP contribution >= 0.6 is 23.4 Å². The molecule has 1 rings (SSSR count). The Labute approximate surface area is 114 Å². The van der Waals surface area contributed by atoms with Crippen LogP contribution in [0.5, 0.6) is 0 Å². The minimum absolute atomic E-state index is 0.523. The van der Waals surface area contributed by atoms with Crippen LogP contribution in [0, 0.1) is 6.92 Å². The minimum Gasteiger partial charge on any atom is -0.356 e. The maximum atomic E-state index is 6.03. The molecule has 0 fully saturated rings. The molecule has 0 saturated carbocycles. The van der Waals surface area contributed by atoms with Crippen LogP contribution in [-0.2, 0) is 12.9 Å². The standard InChI is InChI=1S/C12H22ClN3S/c1-6-10(8-17-5)15(3)12-11(7-13)9(2)14-16(12)4/h10H,6-8H2,1-5H3. The molecule has 3 nitrogen and oxygen atoms in total. The predicted molar refractivity (Wildman–Crippen MR) is 78.4 cm³/mol. The Balaban J connectivity index is 3.05. The van der Waals surface area contributed by atoms with Crippen molar-refractivity contribution in [3.05, 3.63) is 11.3 Å². The minimum atomic E-state index is 0.523. The van der Waals surface area contributed by atoms with E-state index in [1.807, 2.05) is 30.4 Å². The number of anilines is 1.